The Morgan fingerprint density at radius 1 is 0.776 bits per heavy atom. The van der Waals surface area contributed by atoms with Crippen molar-refractivity contribution in [1.29, 1.82) is 0 Å². The maximum atomic E-state index is 13.0. The van der Waals surface area contributed by atoms with Crippen LogP contribution in [0.15, 0.2) is 83.6 Å². The van der Waals surface area contributed by atoms with E-state index < -0.39 is 0 Å². The number of rotatable bonds is 10. The SMILES string of the molecule is CC(Nc1nc(C(=O)CC2CC2)c2sccc2n1)c1ccccc1.O=C(c1nc(NCc2ccccc2)nc2ccsc12)N1CCCCC1. The quantitative estimate of drug-likeness (QED) is 0.137. The largest absolute Gasteiger partial charge is 0.350 e. The first-order valence-electron chi connectivity index (χ1n) is 16.9. The van der Waals surface area contributed by atoms with Crippen molar-refractivity contribution < 1.29 is 9.59 Å². The molecule has 0 radical (unpaired) electrons. The van der Waals surface area contributed by atoms with E-state index >= 15 is 0 Å². The van der Waals surface area contributed by atoms with Gasteiger partial charge in [-0.2, -0.15) is 0 Å². The van der Waals surface area contributed by atoms with Crippen LogP contribution in [0.2, 0.25) is 0 Å². The maximum Gasteiger partial charge on any atom is 0.274 e. The molecule has 1 unspecified atom stereocenters. The molecule has 1 atom stereocenters. The van der Waals surface area contributed by atoms with Crippen LogP contribution in [0.3, 0.4) is 0 Å². The summed E-state index contributed by atoms with van der Waals surface area (Å²) >= 11 is 3.07. The predicted octanol–water partition coefficient (Wildman–Crippen LogP) is 8.78. The zero-order valence-corrected chi connectivity index (χ0v) is 29.1. The molecule has 1 amide bonds. The zero-order chi connectivity index (χ0) is 33.6. The number of nitrogens with zero attached hydrogens (tertiary/aromatic N) is 5. The van der Waals surface area contributed by atoms with E-state index in [1.807, 2.05) is 64.2 Å². The second-order valence-electron chi connectivity index (χ2n) is 12.6. The number of amides is 1. The summed E-state index contributed by atoms with van der Waals surface area (Å²) in [7, 11) is 0. The molecule has 0 bridgehead atoms. The number of carbonyl (C=O) groups is 2. The highest BCUT2D eigenvalue weighted by Gasteiger charge is 2.27. The third kappa shape index (κ3) is 8.12. The molecule has 6 aromatic rings. The normalized spacial score (nSPS) is 15.0. The Labute approximate surface area is 293 Å². The Bertz CT molecular complexity index is 2040. The fraction of sp³-hybridized carbons (Fsp3) is 0.316. The Morgan fingerprint density at radius 2 is 1.39 bits per heavy atom. The third-order valence-corrected chi connectivity index (χ3v) is 10.6. The minimum atomic E-state index is 0.0253. The summed E-state index contributed by atoms with van der Waals surface area (Å²) in [5, 5.41) is 10.5. The van der Waals surface area contributed by atoms with Gasteiger partial charge in [0.1, 0.15) is 5.69 Å². The fourth-order valence-corrected chi connectivity index (χ4v) is 7.58. The molecule has 5 heterocycles. The smallest absolute Gasteiger partial charge is 0.274 e. The first-order chi connectivity index (χ1) is 24.0. The highest BCUT2D eigenvalue weighted by Crippen LogP contribution is 2.35. The Hall–Kier alpha value is -4.74. The number of ketones is 1. The maximum absolute atomic E-state index is 13.0. The van der Waals surface area contributed by atoms with Gasteiger partial charge in [0.05, 0.1) is 26.5 Å². The van der Waals surface area contributed by atoms with Gasteiger partial charge >= 0.3 is 0 Å². The van der Waals surface area contributed by atoms with E-state index in [0.29, 0.717) is 42.2 Å². The molecule has 4 aromatic heterocycles. The lowest BCUT2D eigenvalue weighted by Gasteiger charge is -2.26. The van der Waals surface area contributed by atoms with Gasteiger partial charge < -0.3 is 15.5 Å². The molecule has 11 heteroatoms. The number of hydrogen-bond donors (Lipinski definition) is 2. The van der Waals surface area contributed by atoms with Crippen molar-refractivity contribution >= 4 is 66.7 Å². The topological polar surface area (TPSA) is 113 Å². The second kappa shape index (κ2) is 15.2. The number of aromatic nitrogens is 4. The van der Waals surface area contributed by atoms with Crippen LogP contribution in [-0.2, 0) is 6.54 Å². The van der Waals surface area contributed by atoms with Crippen LogP contribution >= 0.6 is 22.7 Å². The molecule has 0 spiro atoms. The average molecular weight is 690 g/mol. The van der Waals surface area contributed by atoms with Crippen LogP contribution in [0.25, 0.3) is 20.4 Å². The van der Waals surface area contributed by atoms with E-state index in [0.717, 1.165) is 57.5 Å². The van der Waals surface area contributed by atoms with Crippen LogP contribution in [0.5, 0.6) is 0 Å². The van der Waals surface area contributed by atoms with Crippen molar-refractivity contribution in [2.24, 2.45) is 5.92 Å². The molecule has 2 N–H and O–H groups in total. The molecule has 2 aromatic carbocycles. The van der Waals surface area contributed by atoms with Gasteiger partial charge in [0.15, 0.2) is 11.5 Å². The van der Waals surface area contributed by atoms with Crippen LogP contribution in [0, 0.1) is 5.92 Å². The number of hydrogen-bond acceptors (Lipinski definition) is 10. The summed E-state index contributed by atoms with van der Waals surface area (Å²) in [6.45, 7) is 4.35. The van der Waals surface area contributed by atoms with Gasteiger partial charge in [-0.1, -0.05) is 60.7 Å². The number of thiophene rings is 2. The van der Waals surface area contributed by atoms with E-state index in [4.69, 9.17) is 0 Å². The van der Waals surface area contributed by atoms with Gasteiger partial charge in [-0.15, -0.1) is 22.7 Å². The molecular formula is C38H39N7O2S2. The lowest BCUT2D eigenvalue weighted by atomic mass is 10.1. The van der Waals surface area contributed by atoms with Gasteiger partial charge in [0.2, 0.25) is 11.9 Å². The molecule has 8 rings (SSSR count). The summed E-state index contributed by atoms with van der Waals surface area (Å²) in [6, 6.07) is 24.3. The predicted molar refractivity (Wildman–Crippen MR) is 199 cm³/mol. The van der Waals surface area contributed by atoms with Crippen LogP contribution in [0.4, 0.5) is 11.9 Å². The molecule has 1 aliphatic heterocycles. The van der Waals surface area contributed by atoms with Gasteiger partial charge in [0.25, 0.3) is 5.91 Å². The van der Waals surface area contributed by atoms with Crippen LogP contribution in [0.1, 0.15) is 83.6 Å². The summed E-state index contributed by atoms with van der Waals surface area (Å²) in [4.78, 5) is 45.7. The highest BCUT2D eigenvalue weighted by atomic mass is 32.1. The second-order valence-corrected chi connectivity index (χ2v) is 14.4. The first kappa shape index (κ1) is 32.8. The molecule has 49 heavy (non-hydrogen) atoms. The number of carbonyl (C=O) groups excluding carboxylic acids is 2. The molecule has 2 fully saturated rings. The lowest BCUT2D eigenvalue weighted by molar-refractivity contribution is 0.0720. The van der Waals surface area contributed by atoms with Crippen molar-refractivity contribution in [2.45, 2.75) is 58.0 Å². The first-order valence-corrected chi connectivity index (χ1v) is 18.7. The number of likely N-dealkylation sites (tertiary alicyclic amines) is 1. The van der Waals surface area contributed by atoms with Crippen molar-refractivity contribution in [3.63, 3.8) is 0 Å². The highest BCUT2D eigenvalue weighted by molar-refractivity contribution is 7.17. The van der Waals surface area contributed by atoms with Crippen LogP contribution in [-0.4, -0.2) is 49.6 Å². The number of nitrogens with one attached hydrogen (secondary N) is 2. The van der Waals surface area contributed by atoms with E-state index in [-0.39, 0.29) is 17.7 Å². The minimum Gasteiger partial charge on any atom is -0.350 e. The average Bonchev–Trinajstić information content (AvgIpc) is 3.61. The number of fused-ring (bicyclic) bond motifs is 2. The third-order valence-electron chi connectivity index (χ3n) is 8.83. The molecule has 1 saturated carbocycles. The number of benzene rings is 2. The minimum absolute atomic E-state index is 0.0253. The molecule has 9 nitrogen and oxygen atoms in total. The fourth-order valence-electron chi connectivity index (χ4n) is 5.93. The summed E-state index contributed by atoms with van der Waals surface area (Å²) in [5.74, 6) is 1.76. The van der Waals surface area contributed by atoms with E-state index in [2.05, 4.69) is 61.8 Å². The molecule has 1 aliphatic carbocycles. The van der Waals surface area contributed by atoms with Crippen LogP contribution < -0.4 is 10.6 Å². The summed E-state index contributed by atoms with van der Waals surface area (Å²) in [5.41, 5.74) is 5.09. The number of Topliss-reactive ketones (excluding diaryl/α,β-unsaturated/α-hetero) is 1. The van der Waals surface area contributed by atoms with E-state index in [9.17, 15) is 9.59 Å². The Morgan fingerprint density at radius 3 is 2.06 bits per heavy atom. The molecule has 2 aliphatic rings. The number of anilines is 2. The zero-order valence-electron chi connectivity index (χ0n) is 27.5. The van der Waals surface area contributed by atoms with E-state index in [1.54, 1.807) is 11.3 Å². The summed E-state index contributed by atoms with van der Waals surface area (Å²) in [6.07, 6.45) is 6.29. The monoisotopic (exact) mass is 689 g/mol. The van der Waals surface area contributed by atoms with E-state index in [1.165, 1.54) is 30.6 Å². The van der Waals surface area contributed by atoms with Gasteiger partial charge in [0, 0.05) is 26.1 Å². The Balaban J connectivity index is 0.000000154. The molecule has 250 valence electrons. The summed E-state index contributed by atoms with van der Waals surface area (Å²) < 4.78 is 1.78. The van der Waals surface area contributed by atoms with Crippen molar-refractivity contribution in [3.8, 4) is 0 Å². The molecule has 1 saturated heterocycles. The van der Waals surface area contributed by atoms with Gasteiger partial charge in [-0.25, -0.2) is 19.9 Å². The Kier molecular flexibility index (Phi) is 10.2. The lowest BCUT2D eigenvalue weighted by Crippen LogP contribution is -2.36. The van der Waals surface area contributed by atoms with Crippen molar-refractivity contribution in [3.05, 3.63) is 106 Å². The van der Waals surface area contributed by atoms with Gasteiger partial charge in [-0.3, -0.25) is 9.59 Å². The number of piperidine rings is 1. The standard InChI is InChI=1S/C19H20N4OS.C19H19N3OS/c24-18(23-10-5-2-6-11-23)16-17-15(9-12-25-17)21-19(22-16)20-13-14-7-3-1-4-8-14;1-12(14-5-3-2-4-6-14)20-19-21-15-9-10-24-18(15)17(22-19)16(23)11-13-7-8-13/h1,3-4,7-9,12H,2,5-6,10-11,13H2,(H,20,21,22);2-6,9-10,12-13H,7-8,11H2,1H3,(H,20,21,22). The molecular weight excluding hydrogens is 651 g/mol. The van der Waals surface area contributed by atoms with Gasteiger partial charge in [-0.05, 0) is 79.0 Å². The van der Waals surface area contributed by atoms with Crippen molar-refractivity contribution in [1.82, 2.24) is 24.8 Å². The van der Waals surface area contributed by atoms with Crippen molar-refractivity contribution in [2.75, 3.05) is 23.7 Å².